The lowest BCUT2D eigenvalue weighted by atomic mass is 9.86. The normalized spacial score (nSPS) is 15.8. The fraction of sp³-hybridized carbons (Fsp3) is 0.276. The summed E-state index contributed by atoms with van der Waals surface area (Å²) in [6, 6.07) is 17.7. The van der Waals surface area contributed by atoms with Crippen molar-refractivity contribution in [2.75, 3.05) is 13.2 Å². The average Bonchev–Trinajstić information content (AvgIpc) is 3.61. The maximum Gasteiger partial charge on any atom is 0.0967 e. The Morgan fingerprint density at radius 2 is 1.83 bits per heavy atom. The van der Waals surface area contributed by atoms with Gasteiger partial charge in [-0.25, -0.2) is 4.98 Å². The van der Waals surface area contributed by atoms with E-state index in [1.807, 2.05) is 25.8 Å². The van der Waals surface area contributed by atoms with E-state index >= 15 is 0 Å². The van der Waals surface area contributed by atoms with Crippen LogP contribution in [-0.4, -0.2) is 42.5 Å². The molecule has 180 valence electrons. The second kappa shape index (κ2) is 8.31. The minimum atomic E-state index is 0.170. The van der Waals surface area contributed by atoms with Crippen LogP contribution < -0.4 is 0 Å². The SMILES string of the molecule is Cc1ncn(C)c1-c1cnc2c3c4cn[nH]c4ccc3n([C@H](c3ccccc3)C3CCOCC3)c2c1. The summed E-state index contributed by atoms with van der Waals surface area (Å²) >= 11 is 0. The number of aromatic amines is 1. The van der Waals surface area contributed by atoms with E-state index in [0.717, 1.165) is 70.3 Å². The molecule has 1 aliphatic heterocycles. The highest BCUT2D eigenvalue weighted by Gasteiger charge is 2.30. The molecular weight excluding hydrogens is 448 g/mol. The van der Waals surface area contributed by atoms with Crippen molar-refractivity contribution in [1.29, 1.82) is 0 Å². The van der Waals surface area contributed by atoms with Crippen molar-refractivity contribution in [3.8, 4) is 11.3 Å². The van der Waals surface area contributed by atoms with Crippen LogP contribution >= 0.6 is 0 Å². The number of aryl methyl sites for hydroxylation is 2. The van der Waals surface area contributed by atoms with E-state index in [0.29, 0.717) is 5.92 Å². The molecule has 36 heavy (non-hydrogen) atoms. The fourth-order valence-corrected chi connectivity index (χ4v) is 6.12. The summed E-state index contributed by atoms with van der Waals surface area (Å²) in [6.45, 7) is 3.66. The molecule has 0 unspecified atom stereocenters. The van der Waals surface area contributed by atoms with Crippen LogP contribution in [0.15, 0.2) is 67.3 Å². The third-order valence-electron chi connectivity index (χ3n) is 7.75. The Kier molecular flexibility index (Phi) is 4.92. The van der Waals surface area contributed by atoms with E-state index < -0.39 is 0 Å². The lowest BCUT2D eigenvalue weighted by Crippen LogP contribution is -2.26. The van der Waals surface area contributed by atoms with Crippen molar-refractivity contribution < 1.29 is 4.74 Å². The number of aromatic nitrogens is 6. The van der Waals surface area contributed by atoms with Gasteiger partial charge in [0.05, 0.1) is 52.0 Å². The molecule has 0 aliphatic carbocycles. The number of hydrogen-bond acceptors (Lipinski definition) is 4. The second-order valence-corrected chi connectivity index (χ2v) is 9.85. The minimum Gasteiger partial charge on any atom is -0.381 e. The predicted molar refractivity (Wildman–Crippen MR) is 142 cm³/mol. The fourth-order valence-electron chi connectivity index (χ4n) is 6.12. The van der Waals surface area contributed by atoms with Gasteiger partial charge in [0.15, 0.2) is 0 Å². The van der Waals surface area contributed by atoms with E-state index in [2.05, 4.69) is 79.8 Å². The number of imidazole rings is 1. The van der Waals surface area contributed by atoms with Crippen LogP contribution in [0.2, 0.25) is 0 Å². The predicted octanol–water partition coefficient (Wildman–Crippen LogP) is 5.79. The van der Waals surface area contributed by atoms with Crippen molar-refractivity contribution in [3.63, 3.8) is 0 Å². The number of H-pyrrole nitrogens is 1. The number of ether oxygens (including phenoxy) is 1. The Bertz CT molecular complexity index is 1680. The largest absolute Gasteiger partial charge is 0.381 e. The summed E-state index contributed by atoms with van der Waals surface area (Å²) in [5.74, 6) is 0.460. The second-order valence-electron chi connectivity index (χ2n) is 9.85. The first-order valence-corrected chi connectivity index (χ1v) is 12.6. The number of fused-ring (bicyclic) bond motifs is 5. The van der Waals surface area contributed by atoms with Gasteiger partial charge in [-0.05, 0) is 49.4 Å². The molecule has 6 aromatic rings. The molecule has 1 aliphatic rings. The van der Waals surface area contributed by atoms with Crippen LogP contribution in [0.4, 0.5) is 0 Å². The Morgan fingerprint density at radius 1 is 1.00 bits per heavy atom. The monoisotopic (exact) mass is 476 g/mol. The van der Waals surface area contributed by atoms with Gasteiger partial charge in [-0.3, -0.25) is 10.1 Å². The van der Waals surface area contributed by atoms with Gasteiger partial charge in [0.1, 0.15) is 0 Å². The van der Waals surface area contributed by atoms with Gasteiger partial charge >= 0.3 is 0 Å². The van der Waals surface area contributed by atoms with Gasteiger partial charge in [-0.1, -0.05) is 30.3 Å². The summed E-state index contributed by atoms with van der Waals surface area (Å²) in [6.07, 6.45) is 7.84. The standard InChI is InChI=1S/C29H28N6O/c1-18-28(34(2)17-31-18)21-14-25-27(30-15-21)26-22-16-32-33-23(22)8-9-24(26)35(25)29(19-6-4-3-5-7-19)20-10-12-36-13-11-20/h3-9,14-17,20,29H,10-13H2,1-2H3,(H,32,33)/t29-/m1/s1. The molecule has 4 aromatic heterocycles. The molecule has 7 rings (SSSR count). The van der Waals surface area contributed by atoms with Crippen molar-refractivity contribution in [2.24, 2.45) is 13.0 Å². The van der Waals surface area contributed by atoms with Crippen molar-refractivity contribution in [3.05, 3.63) is 78.5 Å². The Morgan fingerprint density at radius 3 is 2.61 bits per heavy atom. The van der Waals surface area contributed by atoms with Gasteiger partial charge in [0, 0.05) is 42.8 Å². The van der Waals surface area contributed by atoms with Gasteiger partial charge in [0.2, 0.25) is 0 Å². The summed E-state index contributed by atoms with van der Waals surface area (Å²) in [5.41, 5.74) is 8.84. The third-order valence-corrected chi connectivity index (χ3v) is 7.75. The molecule has 0 saturated carbocycles. The number of rotatable bonds is 4. The van der Waals surface area contributed by atoms with Crippen LogP contribution in [0.3, 0.4) is 0 Å². The summed E-state index contributed by atoms with van der Waals surface area (Å²) in [7, 11) is 2.04. The number of nitrogens with one attached hydrogen (secondary N) is 1. The highest BCUT2D eigenvalue weighted by atomic mass is 16.5. The van der Waals surface area contributed by atoms with Crippen molar-refractivity contribution in [2.45, 2.75) is 25.8 Å². The molecule has 5 heterocycles. The third kappa shape index (κ3) is 3.19. The molecule has 1 saturated heterocycles. The van der Waals surface area contributed by atoms with Gasteiger partial charge in [0.25, 0.3) is 0 Å². The molecule has 1 fully saturated rings. The summed E-state index contributed by atoms with van der Waals surface area (Å²) < 4.78 is 10.4. The zero-order valence-corrected chi connectivity index (χ0v) is 20.5. The zero-order chi connectivity index (χ0) is 24.2. The van der Waals surface area contributed by atoms with Crippen LogP contribution in [0.25, 0.3) is 44.1 Å². The molecule has 0 bridgehead atoms. The molecule has 0 amide bonds. The van der Waals surface area contributed by atoms with Crippen LogP contribution in [0, 0.1) is 12.8 Å². The lowest BCUT2D eigenvalue weighted by molar-refractivity contribution is 0.0553. The maximum absolute atomic E-state index is 5.78. The number of hydrogen-bond donors (Lipinski definition) is 1. The lowest BCUT2D eigenvalue weighted by Gasteiger charge is -2.33. The first kappa shape index (κ1) is 21.3. The summed E-state index contributed by atoms with van der Waals surface area (Å²) in [5, 5.41) is 9.75. The Labute approximate surface area is 208 Å². The van der Waals surface area contributed by atoms with Gasteiger partial charge in [-0.15, -0.1) is 0 Å². The minimum absolute atomic E-state index is 0.170. The average molecular weight is 477 g/mol. The Balaban J connectivity index is 1.59. The van der Waals surface area contributed by atoms with Crippen molar-refractivity contribution >= 4 is 32.8 Å². The topological polar surface area (TPSA) is 73.5 Å². The van der Waals surface area contributed by atoms with Crippen LogP contribution in [-0.2, 0) is 11.8 Å². The Hall–Kier alpha value is -3.97. The van der Waals surface area contributed by atoms with Crippen molar-refractivity contribution in [1.82, 2.24) is 29.3 Å². The summed E-state index contributed by atoms with van der Waals surface area (Å²) in [4.78, 5) is 9.62. The molecule has 0 spiro atoms. The van der Waals surface area contributed by atoms with E-state index in [-0.39, 0.29) is 6.04 Å². The maximum atomic E-state index is 5.78. The zero-order valence-electron chi connectivity index (χ0n) is 20.5. The van der Waals surface area contributed by atoms with Gasteiger partial charge in [-0.2, -0.15) is 5.10 Å². The highest BCUT2D eigenvalue weighted by molar-refractivity contribution is 6.19. The first-order chi connectivity index (χ1) is 17.7. The number of pyridine rings is 1. The molecule has 0 radical (unpaired) electrons. The number of benzene rings is 2. The molecular formula is C29H28N6O. The first-order valence-electron chi connectivity index (χ1n) is 12.6. The molecule has 2 aromatic carbocycles. The van der Waals surface area contributed by atoms with E-state index in [1.165, 1.54) is 11.1 Å². The number of nitrogens with zero attached hydrogens (tertiary/aromatic N) is 5. The van der Waals surface area contributed by atoms with E-state index in [9.17, 15) is 0 Å². The van der Waals surface area contributed by atoms with Gasteiger partial charge < -0.3 is 13.9 Å². The smallest absolute Gasteiger partial charge is 0.0967 e. The molecule has 7 nitrogen and oxygen atoms in total. The van der Waals surface area contributed by atoms with Crippen LogP contribution in [0.5, 0.6) is 0 Å². The molecule has 1 N–H and O–H groups in total. The highest BCUT2D eigenvalue weighted by Crippen LogP contribution is 2.42. The van der Waals surface area contributed by atoms with Crippen LogP contribution in [0.1, 0.15) is 30.1 Å². The van der Waals surface area contributed by atoms with E-state index in [4.69, 9.17) is 9.72 Å². The van der Waals surface area contributed by atoms with E-state index in [1.54, 1.807) is 0 Å². The molecule has 1 atom stereocenters. The quantitative estimate of drug-likeness (QED) is 0.349. The molecule has 7 heteroatoms.